The van der Waals surface area contributed by atoms with Crippen LogP contribution in [0.15, 0.2) is 36.7 Å². The van der Waals surface area contributed by atoms with Crippen LogP contribution in [0.3, 0.4) is 0 Å². The summed E-state index contributed by atoms with van der Waals surface area (Å²) in [5.41, 5.74) is 6.27. The van der Waals surface area contributed by atoms with Crippen molar-refractivity contribution in [2.75, 3.05) is 13.7 Å². The molecule has 1 heterocycles. The zero-order valence-corrected chi connectivity index (χ0v) is 14.5. The highest BCUT2D eigenvalue weighted by Crippen LogP contribution is 2.36. The van der Waals surface area contributed by atoms with E-state index in [0.29, 0.717) is 5.56 Å². The summed E-state index contributed by atoms with van der Waals surface area (Å²) in [6, 6.07) is 6.34. The Balaban J connectivity index is 2.19. The Morgan fingerprint density at radius 2 is 2.00 bits per heavy atom. The summed E-state index contributed by atoms with van der Waals surface area (Å²) in [4.78, 5) is 27.3. The number of nitrogens with two attached hydrogens (primary N) is 1. The second kappa shape index (κ2) is 8.34. The predicted molar refractivity (Wildman–Crippen MR) is 92.8 cm³/mol. The lowest BCUT2D eigenvalue weighted by Crippen LogP contribution is -2.26. The van der Waals surface area contributed by atoms with Crippen molar-refractivity contribution >= 4 is 23.4 Å². The van der Waals surface area contributed by atoms with Crippen LogP contribution in [0.2, 0.25) is 5.02 Å². The van der Waals surface area contributed by atoms with Crippen LogP contribution in [-0.2, 0) is 4.79 Å². The van der Waals surface area contributed by atoms with Crippen molar-refractivity contribution in [2.45, 2.75) is 13.0 Å². The Hall–Kier alpha value is -2.80. The normalized spacial score (nSPS) is 11.5. The fourth-order valence-corrected chi connectivity index (χ4v) is 2.41. The Morgan fingerprint density at radius 1 is 1.32 bits per heavy atom. The molecule has 2 aromatic rings. The topological polar surface area (TPSA) is 104 Å². The molecule has 0 aliphatic carbocycles. The number of carbonyl (C=O) groups excluding carboxylic acids is 2. The average Bonchev–Trinajstić information content (AvgIpc) is 2.60. The first kappa shape index (κ1) is 18.5. The van der Waals surface area contributed by atoms with E-state index in [4.69, 9.17) is 26.8 Å². The van der Waals surface area contributed by atoms with Gasteiger partial charge in [0, 0.05) is 18.0 Å². The smallest absolute Gasteiger partial charge is 0.255 e. The number of primary amides is 1. The zero-order chi connectivity index (χ0) is 18.4. The number of methoxy groups -OCH3 is 1. The molecule has 0 saturated carbocycles. The molecular formula is C17H18ClN3O4. The third kappa shape index (κ3) is 4.84. The van der Waals surface area contributed by atoms with Gasteiger partial charge in [0.25, 0.3) is 11.8 Å². The molecular weight excluding hydrogens is 346 g/mol. The molecule has 3 N–H and O–H groups in total. The second-order valence-corrected chi connectivity index (χ2v) is 5.63. The SMILES string of the molecule is COc1cc(C(=O)N[C@@H](C)c2ccncc2)cc(Cl)c1OCC(N)=O. The lowest BCUT2D eigenvalue weighted by atomic mass is 10.1. The van der Waals surface area contributed by atoms with Gasteiger partial charge in [0.05, 0.1) is 18.2 Å². The van der Waals surface area contributed by atoms with Crippen molar-refractivity contribution in [2.24, 2.45) is 5.73 Å². The van der Waals surface area contributed by atoms with Gasteiger partial charge in [0.1, 0.15) is 0 Å². The number of nitrogens with zero attached hydrogens (tertiary/aromatic N) is 1. The molecule has 0 spiro atoms. The molecule has 25 heavy (non-hydrogen) atoms. The molecule has 1 aromatic heterocycles. The van der Waals surface area contributed by atoms with Gasteiger partial charge >= 0.3 is 0 Å². The minimum Gasteiger partial charge on any atom is -0.493 e. The summed E-state index contributed by atoms with van der Waals surface area (Å²) in [6.45, 7) is 1.51. The first-order valence-electron chi connectivity index (χ1n) is 7.41. The number of benzene rings is 1. The molecule has 0 radical (unpaired) electrons. The summed E-state index contributed by atoms with van der Waals surface area (Å²) < 4.78 is 10.4. The molecule has 7 nitrogen and oxygen atoms in total. The highest BCUT2D eigenvalue weighted by Gasteiger charge is 2.18. The number of carbonyl (C=O) groups is 2. The molecule has 0 saturated heterocycles. The van der Waals surface area contributed by atoms with Crippen LogP contribution in [0.25, 0.3) is 0 Å². The minimum atomic E-state index is -0.647. The van der Waals surface area contributed by atoms with Crippen LogP contribution < -0.4 is 20.5 Å². The van der Waals surface area contributed by atoms with E-state index in [2.05, 4.69) is 10.3 Å². The molecule has 0 fully saturated rings. The third-order valence-electron chi connectivity index (χ3n) is 3.40. The van der Waals surface area contributed by atoms with Crippen molar-refractivity contribution in [3.8, 4) is 11.5 Å². The van der Waals surface area contributed by atoms with Gasteiger partial charge in [-0.1, -0.05) is 11.6 Å². The second-order valence-electron chi connectivity index (χ2n) is 5.22. The van der Waals surface area contributed by atoms with Gasteiger partial charge in [-0.05, 0) is 36.8 Å². The summed E-state index contributed by atoms with van der Waals surface area (Å²) in [5, 5.41) is 3.01. The van der Waals surface area contributed by atoms with Crippen molar-refractivity contribution in [1.82, 2.24) is 10.3 Å². The Morgan fingerprint density at radius 3 is 2.60 bits per heavy atom. The van der Waals surface area contributed by atoms with Gasteiger partial charge in [-0.2, -0.15) is 0 Å². The van der Waals surface area contributed by atoms with E-state index in [1.165, 1.54) is 19.2 Å². The van der Waals surface area contributed by atoms with Crippen molar-refractivity contribution < 1.29 is 19.1 Å². The first-order chi connectivity index (χ1) is 11.9. The minimum absolute atomic E-state index is 0.141. The maximum atomic E-state index is 12.5. The standard InChI is InChI=1S/C17H18ClN3O4/c1-10(11-3-5-20-6-4-11)21-17(23)12-7-13(18)16(14(8-12)24-2)25-9-15(19)22/h3-8,10H,9H2,1-2H3,(H2,19,22)(H,21,23)/t10-/m0/s1. The zero-order valence-electron chi connectivity index (χ0n) is 13.8. The fourth-order valence-electron chi connectivity index (χ4n) is 2.15. The summed E-state index contributed by atoms with van der Waals surface area (Å²) in [7, 11) is 1.41. The van der Waals surface area contributed by atoms with Crippen molar-refractivity contribution in [3.63, 3.8) is 0 Å². The van der Waals surface area contributed by atoms with Crippen LogP contribution in [0.1, 0.15) is 28.9 Å². The monoisotopic (exact) mass is 363 g/mol. The molecule has 2 rings (SSSR count). The van der Waals surface area contributed by atoms with Crippen LogP contribution in [0.4, 0.5) is 0 Å². The Labute approximate surface area is 150 Å². The van der Waals surface area contributed by atoms with E-state index < -0.39 is 5.91 Å². The number of ether oxygens (including phenoxy) is 2. The largest absolute Gasteiger partial charge is 0.493 e. The Bertz CT molecular complexity index is 768. The van der Waals surface area contributed by atoms with Gasteiger partial charge in [-0.3, -0.25) is 14.6 Å². The van der Waals surface area contributed by atoms with Gasteiger partial charge < -0.3 is 20.5 Å². The van der Waals surface area contributed by atoms with Crippen LogP contribution in [-0.4, -0.2) is 30.5 Å². The van der Waals surface area contributed by atoms with E-state index >= 15 is 0 Å². The first-order valence-corrected chi connectivity index (χ1v) is 7.79. The predicted octanol–water partition coefficient (Wildman–Crippen LogP) is 2.10. The summed E-state index contributed by atoms with van der Waals surface area (Å²) >= 11 is 6.15. The molecule has 0 aliphatic heterocycles. The number of nitrogens with one attached hydrogen (secondary N) is 1. The van der Waals surface area contributed by atoms with E-state index in [9.17, 15) is 9.59 Å². The molecule has 0 bridgehead atoms. The number of halogens is 1. The number of aromatic nitrogens is 1. The van der Waals surface area contributed by atoms with Crippen molar-refractivity contribution in [3.05, 3.63) is 52.8 Å². The van der Waals surface area contributed by atoms with Crippen LogP contribution in [0, 0.1) is 0 Å². The summed E-state index contributed by atoms with van der Waals surface area (Å²) in [5.74, 6) is -0.589. The molecule has 1 aromatic carbocycles. The highest BCUT2D eigenvalue weighted by atomic mass is 35.5. The Kier molecular flexibility index (Phi) is 6.19. The average molecular weight is 364 g/mol. The molecule has 0 aliphatic rings. The molecule has 8 heteroatoms. The fraction of sp³-hybridized carbons (Fsp3) is 0.235. The lowest BCUT2D eigenvalue weighted by Gasteiger charge is -2.16. The maximum Gasteiger partial charge on any atom is 0.255 e. The van der Waals surface area contributed by atoms with Crippen LogP contribution in [0.5, 0.6) is 11.5 Å². The number of hydrogen-bond acceptors (Lipinski definition) is 5. The van der Waals surface area contributed by atoms with E-state index in [0.717, 1.165) is 5.56 Å². The molecule has 1 atom stereocenters. The third-order valence-corrected chi connectivity index (χ3v) is 3.68. The highest BCUT2D eigenvalue weighted by molar-refractivity contribution is 6.32. The van der Waals surface area contributed by atoms with E-state index in [1.807, 2.05) is 19.1 Å². The van der Waals surface area contributed by atoms with Gasteiger partial charge in [-0.25, -0.2) is 0 Å². The number of hydrogen-bond donors (Lipinski definition) is 2. The van der Waals surface area contributed by atoms with Gasteiger partial charge in [0.2, 0.25) is 0 Å². The van der Waals surface area contributed by atoms with Crippen LogP contribution >= 0.6 is 11.6 Å². The number of pyridine rings is 1. The maximum absolute atomic E-state index is 12.5. The summed E-state index contributed by atoms with van der Waals surface area (Å²) in [6.07, 6.45) is 3.31. The molecule has 0 unspecified atom stereocenters. The van der Waals surface area contributed by atoms with Gasteiger partial charge in [0.15, 0.2) is 18.1 Å². The van der Waals surface area contributed by atoms with E-state index in [1.54, 1.807) is 12.4 Å². The van der Waals surface area contributed by atoms with E-state index in [-0.39, 0.29) is 35.1 Å². The number of amides is 2. The number of rotatable bonds is 7. The van der Waals surface area contributed by atoms with Gasteiger partial charge in [-0.15, -0.1) is 0 Å². The molecule has 132 valence electrons. The molecule has 2 amide bonds. The quantitative estimate of drug-likeness (QED) is 0.784. The van der Waals surface area contributed by atoms with Crippen molar-refractivity contribution in [1.29, 1.82) is 0 Å². The lowest BCUT2D eigenvalue weighted by molar-refractivity contribution is -0.119.